The predicted octanol–water partition coefficient (Wildman–Crippen LogP) is 8.17. The number of rotatable bonds is 16. The van der Waals surface area contributed by atoms with Crippen LogP contribution < -0.4 is 15.6 Å². The van der Waals surface area contributed by atoms with Crippen LogP contribution in [0, 0.1) is 11.3 Å². The van der Waals surface area contributed by atoms with Gasteiger partial charge in [0.2, 0.25) is 0 Å². The summed E-state index contributed by atoms with van der Waals surface area (Å²) in [6.07, 6.45) is 3.62. The zero-order valence-corrected chi connectivity index (χ0v) is 44.3. The van der Waals surface area contributed by atoms with Crippen molar-refractivity contribution in [2.75, 3.05) is 51.9 Å². The third-order valence-electron chi connectivity index (χ3n) is 15.0. The Kier molecular flexibility index (Phi) is 14.7. The number of ether oxygens (including phenoxy) is 4. The molecule has 5 fully saturated rings. The van der Waals surface area contributed by atoms with Crippen LogP contribution >= 0.6 is 11.3 Å². The van der Waals surface area contributed by atoms with E-state index >= 15 is 0 Å². The highest BCUT2D eigenvalue weighted by Gasteiger charge is 2.60. The molecule has 73 heavy (non-hydrogen) atoms. The lowest BCUT2D eigenvalue weighted by Gasteiger charge is -2.53. The van der Waals surface area contributed by atoms with Gasteiger partial charge in [-0.05, 0) is 107 Å². The number of hydrogen-bond donors (Lipinski definition) is 3. The molecule has 3 aromatic heterocycles. The van der Waals surface area contributed by atoms with Crippen LogP contribution in [0.2, 0.25) is 0 Å². The van der Waals surface area contributed by atoms with Gasteiger partial charge in [-0.25, -0.2) is 20.0 Å². The molecule has 3 atom stereocenters. The Morgan fingerprint density at radius 2 is 1.71 bits per heavy atom. The molecule has 2 bridgehead atoms. The number of aromatic nitrogens is 3. The summed E-state index contributed by atoms with van der Waals surface area (Å²) in [5.41, 5.74) is 9.34. The van der Waals surface area contributed by atoms with E-state index in [2.05, 4.69) is 65.2 Å². The average Bonchev–Trinajstić information content (AvgIpc) is 3.92. The number of amides is 3. The second-order valence-electron chi connectivity index (χ2n) is 21.8. The van der Waals surface area contributed by atoms with Crippen LogP contribution in [-0.4, -0.2) is 124 Å². The number of pyridine rings is 1. The molecule has 3 saturated heterocycles. The molecule has 0 spiro atoms. The number of aryl methyl sites for hydroxylation is 1. The topological polar surface area (TPSA) is 190 Å². The fourth-order valence-electron chi connectivity index (χ4n) is 10.6. The molecule has 2 aromatic carbocycles. The summed E-state index contributed by atoms with van der Waals surface area (Å²) < 4.78 is 24.8. The molecular weight excluding hydrogens is 949 g/mol. The van der Waals surface area contributed by atoms with Gasteiger partial charge in [0, 0.05) is 79.9 Å². The molecule has 6 heterocycles. The fourth-order valence-corrected chi connectivity index (χ4v) is 11.8. The van der Waals surface area contributed by atoms with Crippen molar-refractivity contribution in [3.05, 3.63) is 88.0 Å². The minimum atomic E-state index is -1.02. The molecule has 3 aliphatic heterocycles. The number of esters is 1. The van der Waals surface area contributed by atoms with Crippen LogP contribution in [0.4, 0.5) is 15.3 Å². The number of aliphatic hydroxyl groups is 1. The monoisotopic (exact) mass is 1020 g/mol. The summed E-state index contributed by atoms with van der Waals surface area (Å²) >= 11 is 1.46. The van der Waals surface area contributed by atoms with Gasteiger partial charge in [-0.1, -0.05) is 50.2 Å². The van der Waals surface area contributed by atoms with Crippen molar-refractivity contribution in [3.63, 3.8) is 0 Å². The van der Waals surface area contributed by atoms with E-state index in [1.807, 2.05) is 48.8 Å². The number of nitrogens with zero attached hydrogens (tertiary/aromatic N) is 6. The van der Waals surface area contributed by atoms with Crippen LogP contribution in [0.1, 0.15) is 102 Å². The van der Waals surface area contributed by atoms with Gasteiger partial charge >= 0.3 is 18.2 Å². The maximum absolute atomic E-state index is 14.8. The number of nitrogens with one attached hydrogen (secondary N) is 2. The lowest BCUT2D eigenvalue weighted by atomic mass is 9.73. The van der Waals surface area contributed by atoms with Crippen LogP contribution in [0.15, 0.2) is 66.2 Å². The maximum Gasteiger partial charge on any atom is 0.410 e. The standard InChI is InChI=1S/C55H70N8O9S/c1-10-62-43-17-16-35(42-31-73-50(57-42)55(18-19-55)47(58-51(67)72-53(3,4)5)48(65)63-37-24-36(25-37)45(59-63)49(66)70-9)26-39(43)41(28-54(6,7)32-64)46(62)40-27-38(29-56-44(40)33(2)69-8)60-20-22-61(23-21-60)52(68)71-30-34-14-12-11-13-15-34/h11-17,26-27,29,31,33,36-37,45,47,59,64H,10,18-25,28,30,32H2,1-9H3,(H,58,67)/t33-,36?,37?,45-,47+/m0/s1. The number of alkyl carbamates (subject to hydrolysis) is 1. The lowest BCUT2D eigenvalue weighted by Crippen LogP contribution is -2.72. The number of thiazole rings is 1. The number of aliphatic hydroxyl groups excluding tert-OH is 1. The largest absolute Gasteiger partial charge is 0.468 e. The molecule has 3 N–H and O–H groups in total. The van der Waals surface area contributed by atoms with Crippen LogP contribution in [0.3, 0.4) is 0 Å². The van der Waals surface area contributed by atoms with Crippen molar-refractivity contribution in [2.24, 2.45) is 11.3 Å². The van der Waals surface area contributed by atoms with Crippen molar-refractivity contribution < 1.29 is 43.2 Å². The van der Waals surface area contributed by atoms with Gasteiger partial charge in [-0.2, -0.15) is 0 Å². The number of piperazine rings is 1. The van der Waals surface area contributed by atoms with E-state index in [1.54, 1.807) is 32.8 Å². The Bertz CT molecular complexity index is 2840. The van der Waals surface area contributed by atoms with Crippen molar-refractivity contribution in [2.45, 2.75) is 129 Å². The van der Waals surface area contributed by atoms with Gasteiger partial charge in [-0.15, -0.1) is 11.3 Å². The number of fused-ring (bicyclic) bond motifs is 3. The second kappa shape index (κ2) is 20.7. The smallest absolute Gasteiger partial charge is 0.410 e. The third-order valence-corrected chi connectivity index (χ3v) is 16.1. The third kappa shape index (κ3) is 10.5. The van der Waals surface area contributed by atoms with Gasteiger partial charge in [-0.3, -0.25) is 19.6 Å². The highest BCUT2D eigenvalue weighted by Crippen LogP contribution is 2.54. The molecule has 390 valence electrons. The van der Waals surface area contributed by atoms with Gasteiger partial charge in [0.25, 0.3) is 5.91 Å². The minimum absolute atomic E-state index is 0.0328. The summed E-state index contributed by atoms with van der Waals surface area (Å²) in [5.74, 6) is -0.695. The Hall–Kier alpha value is -6.08. The van der Waals surface area contributed by atoms with E-state index in [4.69, 9.17) is 28.9 Å². The molecular formula is C55H70N8O9S. The van der Waals surface area contributed by atoms with E-state index in [9.17, 15) is 24.3 Å². The first-order chi connectivity index (χ1) is 34.9. The highest BCUT2D eigenvalue weighted by atomic mass is 32.1. The Labute approximate surface area is 431 Å². The van der Waals surface area contributed by atoms with Gasteiger partial charge in [0.15, 0.2) is 0 Å². The molecule has 18 heteroatoms. The molecule has 2 saturated carbocycles. The first-order valence-electron chi connectivity index (χ1n) is 25.5. The number of carbonyl (C=O) groups excluding carboxylic acids is 4. The SMILES string of the molecule is CCn1c(-c2cc(N3CCN(C(=O)OCc4ccccc4)CC3)cnc2[C@H](C)OC)c(CC(C)(C)CO)c2cc(-c3csc(C4([C@H](NC(=O)OC(C)(C)C)C(=O)N5N[C@H](C(=O)OC)C6CC5C6)CC4)n3)ccc21. The zero-order chi connectivity index (χ0) is 52.0. The van der Waals surface area contributed by atoms with Crippen molar-refractivity contribution in [1.82, 2.24) is 35.2 Å². The summed E-state index contributed by atoms with van der Waals surface area (Å²) in [6.45, 7) is 16.6. The Morgan fingerprint density at radius 1 is 0.986 bits per heavy atom. The Balaban J connectivity index is 1.05. The highest BCUT2D eigenvalue weighted by molar-refractivity contribution is 7.10. The number of carbonyl (C=O) groups is 4. The van der Waals surface area contributed by atoms with E-state index in [0.29, 0.717) is 64.8 Å². The van der Waals surface area contributed by atoms with Gasteiger partial charge < -0.3 is 43.7 Å². The van der Waals surface area contributed by atoms with Crippen LogP contribution in [0.25, 0.3) is 33.4 Å². The quantitative estimate of drug-likeness (QED) is 0.0635. The molecule has 0 radical (unpaired) electrons. The molecule has 0 unspecified atom stereocenters. The van der Waals surface area contributed by atoms with Crippen LogP contribution in [-0.2, 0) is 53.5 Å². The molecule has 2 aliphatic carbocycles. The number of hydrogen-bond acceptors (Lipinski definition) is 14. The second-order valence-corrected chi connectivity index (χ2v) is 22.7. The number of hydrazine groups is 1. The van der Waals surface area contributed by atoms with Crippen LogP contribution in [0.5, 0.6) is 0 Å². The maximum atomic E-state index is 14.8. The molecule has 10 rings (SSSR count). The zero-order valence-electron chi connectivity index (χ0n) is 43.5. The van der Waals surface area contributed by atoms with E-state index in [1.165, 1.54) is 23.5 Å². The van der Waals surface area contributed by atoms with Gasteiger partial charge in [0.1, 0.15) is 29.3 Å². The fraction of sp³-hybridized carbons (Fsp3) is 0.527. The summed E-state index contributed by atoms with van der Waals surface area (Å²) in [4.78, 5) is 68.6. The van der Waals surface area contributed by atoms with Crippen molar-refractivity contribution in [3.8, 4) is 22.5 Å². The number of benzene rings is 2. The van der Waals surface area contributed by atoms with Crippen molar-refractivity contribution in [1.29, 1.82) is 0 Å². The molecule has 3 amide bonds. The number of anilines is 1. The molecule has 5 aromatic rings. The van der Waals surface area contributed by atoms with E-state index in [0.717, 1.165) is 60.9 Å². The van der Waals surface area contributed by atoms with E-state index in [-0.39, 0.29) is 43.3 Å². The van der Waals surface area contributed by atoms with E-state index < -0.39 is 40.6 Å². The lowest BCUT2D eigenvalue weighted by molar-refractivity contribution is -0.167. The normalized spacial score (nSPS) is 20.2. The summed E-state index contributed by atoms with van der Waals surface area (Å²) in [5, 5.41) is 19.0. The molecule has 17 nitrogen and oxygen atoms in total. The summed E-state index contributed by atoms with van der Waals surface area (Å²) in [7, 11) is 3.03. The minimum Gasteiger partial charge on any atom is -0.468 e. The first kappa shape index (κ1) is 51.8. The average molecular weight is 1020 g/mol. The Morgan fingerprint density at radius 3 is 2.36 bits per heavy atom. The predicted molar refractivity (Wildman–Crippen MR) is 279 cm³/mol. The molecule has 5 aliphatic rings. The van der Waals surface area contributed by atoms with Gasteiger partial charge in [0.05, 0.1) is 47.6 Å². The number of methoxy groups -OCH3 is 2. The summed E-state index contributed by atoms with van der Waals surface area (Å²) in [6, 6.07) is 16.5. The van der Waals surface area contributed by atoms with Crippen molar-refractivity contribution >= 4 is 52.0 Å². The first-order valence-corrected chi connectivity index (χ1v) is 26.4.